The Labute approximate surface area is 98.5 Å². The molecule has 1 N–H and O–H groups in total. The minimum absolute atomic E-state index is 0.0692. The highest BCUT2D eigenvalue weighted by atomic mass is 16.5. The van der Waals surface area contributed by atoms with Crippen LogP contribution in [0, 0.1) is 6.92 Å². The van der Waals surface area contributed by atoms with Crippen molar-refractivity contribution in [2.45, 2.75) is 32.3 Å². The van der Waals surface area contributed by atoms with Crippen molar-refractivity contribution in [1.82, 2.24) is 15.1 Å². The van der Waals surface area contributed by atoms with E-state index in [2.05, 4.69) is 15.1 Å². The van der Waals surface area contributed by atoms with Gasteiger partial charge >= 0.3 is 0 Å². The van der Waals surface area contributed by atoms with Gasteiger partial charge in [-0.25, -0.2) is 0 Å². The van der Waals surface area contributed by atoms with Gasteiger partial charge in [-0.2, -0.15) is 0 Å². The molecule has 0 unspecified atom stereocenters. The summed E-state index contributed by atoms with van der Waals surface area (Å²) in [6.45, 7) is 1.81. The Balaban J connectivity index is 2.04. The van der Waals surface area contributed by atoms with E-state index in [0.717, 1.165) is 29.9 Å². The van der Waals surface area contributed by atoms with Crippen LogP contribution in [0.5, 0.6) is 0 Å². The maximum atomic E-state index is 9.43. The number of rotatable bonds is 3. The van der Waals surface area contributed by atoms with Gasteiger partial charge in [0.15, 0.2) is 0 Å². The van der Waals surface area contributed by atoms with Crippen LogP contribution in [0.25, 0.3) is 11.4 Å². The monoisotopic (exact) mass is 231 g/mol. The zero-order chi connectivity index (χ0) is 11.8. The third kappa shape index (κ3) is 1.82. The first kappa shape index (κ1) is 10.4. The third-order valence-electron chi connectivity index (χ3n) is 2.95. The Morgan fingerprint density at radius 2 is 2.18 bits per heavy atom. The van der Waals surface area contributed by atoms with Crippen molar-refractivity contribution in [3.63, 3.8) is 0 Å². The van der Waals surface area contributed by atoms with Gasteiger partial charge < -0.3 is 9.63 Å². The van der Waals surface area contributed by atoms with Crippen LogP contribution in [0.15, 0.2) is 16.9 Å². The molecule has 2 heterocycles. The number of aryl methyl sites for hydroxylation is 1. The maximum absolute atomic E-state index is 9.43. The van der Waals surface area contributed by atoms with Crippen LogP contribution < -0.4 is 0 Å². The minimum atomic E-state index is -0.0692. The molecule has 1 aliphatic rings. The molecule has 0 aromatic carbocycles. The standard InChI is InChI=1S/C12H13N3O2/c1-7-4-14-10(5-13-7)11-9(6-16)12(17-15-11)8-2-3-8/h4-5,8,16H,2-3,6H2,1H3. The van der Waals surface area contributed by atoms with Crippen LogP contribution in [0.3, 0.4) is 0 Å². The van der Waals surface area contributed by atoms with E-state index in [0.29, 0.717) is 17.3 Å². The fourth-order valence-corrected chi connectivity index (χ4v) is 1.86. The van der Waals surface area contributed by atoms with Crippen LogP contribution >= 0.6 is 0 Å². The van der Waals surface area contributed by atoms with Crippen molar-refractivity contribution in [3.8, 4) is 11.4 Å². The second-order valence-corrected chi connectivity index (χ2v) is 4.35. The van der Waals surface area contributed by atoms with Gasteiger partial charge in [-0.3, -0.25) is 9.97 Å². The van der Waals surface area contributed by atoms with Gasteiger partial charge in [0.25, 0.3) is 0 Å². The average molecular weight is 231 g/mol. The quantitative estimate of drug-likeness (QED) is 0.872. The van der Waals surface area contributed by atoms with Gasteiger partial charge in [-0.15, -0.1) is 0 Å². The molecule has 2 aromatic heterocycles. The van der Waals surface area contributed by atoms with E-state index < -0.39 is 0 Å². The third-order valence-corrected chi connectivity index (χ3v) is 2.95. The highest BCUT2D eigenvalue weighted by molar-refractivity contribution is 5.58. The lowest BCUT2D eigenvalue weighted by atomic mass is 10.1. The summed E-state index contributed by atoms with van der Waals surface area (Å²) in [5.41, 5.74) is 2.87. The molecule has 1 saturated carbocycles. The molecule has 5 heteroatoms. The smallest absolute Gasteiger partial charge is 0.146 e. The van der Waals surface area contributed by atoms with Crippen LogP contribution in [-0.2, 0) is 6.61 Å². The molecule has 2 aromatic rings. The van der Waals surface area contributed by atoms with Gasteiger partial charge in [0, 0.05) is 12.1 Å². The lowest BCUT2D eigenvalue weighted by molar-refractivity contribution is 0.277. The molecule has 3 rings (SSSR count). The van der Waals surface area contributed by atoms with Gasteiger partial charge in [0.2, 0.25) is 0 Å². The Morgan fingerprint density at radius 1 is 1.35 bits per heavy atom. The van der Waals surface area contributed by atoms with Crippen molar-refractivity contribution < 1.29 is 9.63 Å². The number of aromatic nitrogens is 3. The average Bonchev–Trinajstić information content (AvgIpc) is 3.10. The largest absolute Gasteiger partial charge is 0.391 e. The van der Waals surface area contributed by atoms with Crippen molar-refractivity contribution in [1.29, 1.82) is 0 Å². The Bertz CT molecular complexity index is 529. The Kier molecular flexibility index (Phi) is 2.40. The molecule has 5 nitrogen and oxygen atoms in total. The van der Waals surface area contributed by atoms with Crippen molar-refractivity contribution >= 4 is 0 Å². The number of aliphatic hydroxyl groups excluding tert-OH is 1. The summed E-state index contributed by atoms with van der Waals surface area (Å²) in [6, 6.07) is 0. The second kappa shape index (κ2) is 3.92. The van der Waals surface area contributed by atoms with Crippen molar-refractivity contribution in [2.24, 2.45) is 0 Å². The summed E-state index contributed by atoms with van der Waals surface area (Å²) in [7, 11) is 0. The van der Waals surface area contributed by atoms with Gasteiger partial charge in [-0.1, -0.05) is 5.16 Å². The summed E-state index contributed by atoms with van der Waals surface area (Å²) in [5.74, 6) is 1.24. The van der Waals surface area contributed by atoms with E-state index in [-0.39, 0.29) is 6.61 Å². The molecule has 0 atom stereocenters. The molecular formula is C12H13N3O2. The van der Waals surface area contributed by atoms with E-state index in [4.69, 9.17) is 4.52 Å². The zero-order valence-electron chi connectivity index (χ0n) is 9.55. The number of aliphatic hydroxyl groups is 1. The predicted octanol–water partition coefficient (Wildman–Crippen LogP) is 1.81. The maximum Gasteiger partial charge on any atom is 0.146 e. The molecule has 0 amide bonds. The molecule has 0 bridgehead atoms. The van der Waals surface area contributed by atoms with E-state index in [1.165, 1.54) is 0 Å². The summed E-state index contributed by atoms with van der Waals surface area (Å²) in [6.07, 6.45) is 5.56. The Hall–Kier alpha value is -1.75. The lowest BCUT2D eigenvalue weighted by Crippen LogP contribution is -1.93. The number of nitrogens with zero attached hydrogens (tertiary/aromatic N) is 3. The predicted molar refractivity (Wildman–Crippen MR) is 60.2 cm³/mol. The lowest BCUT2D eigenvalue weighted by Gasteiger charge is -1.99. The minimum Gasteiger partial charge on any atom is -0.391 e. The van der Waals surface area contributed by atoms with Gasteiger partial charge in [0.1, 0.15) is 17.1 Å². The highest BCUT2D eigenvalue weighted by Gasteiger charge is 2.32. The van der Waals surface area contributed by atoms with Gasteiger partial charge in [-0.05, 0) is 19.8 Å². The molecule has 0 radical (unpaired) electrons. The second-order valence-electron chi connectivity index (χ2n) is 4.35. The normalized spacial score (nSPS) is 15.2. The Morgan fingerprint density at radius 3 is 2.76 bits per heavy atom. The first-order valence-electron chi connectivity index (χ1n) is 5.68. The van der Waals surface area contributed by atoms with E-state index in [1.54, 1.807) is 12.4 Å². The van der Waals surface area contributed by atoms with E-state index in [9.17, 15) is 5.11 Å². The number of hydrogen-bond acceptors (Lipinski definition) is 5. The molecular weight excluding hydrogens is 218 g/mol. The first-order chi connectivity index (χ1) is 8.29. The van der Waals surface area contributed by atoms with Crippen molar-refractivity contribution in [2.75, 3.05) is 0 Å². The molecule has 1 fully saturated rings. The highest BCUT2D eigenvalue weighted by Crippen LogP contribution is 2.43. The topological polar surface area (TPSA) is 72.0 Å². The van der Waals surface area contributed by atoms with Crippen LogP contribution in [0.4, 0.5) is 0 Å². The van der Waals surface area contributed by atoms with Crippen molar-refractivity contribution in [3.05, 3.63) is 29.4 Å². The van der Waals surface area contributed by atoms with E-state index >= 15 is 0 Å². The van der Waals surface area contributed by atoms with Gasteiger partial charge in [0.05, 0.1) is 24.1 Å². The van der Waals surface area contributed by atoms with Crippen LogP contribution in [0.1, 0.15) is 35.8 Å². The SMILES string of the molecule is Cc1cnc(-c2noc(C3CC3)c2CO)cn1. The fourth-order valence-electron chi connectivity index (χ4n) is 1.86. The van der Waals surface area contributed by atoms with E-state index in [1.807, 2.05) is 6.92 Å². The molecule has 88 valence electrons. The molecule has 0 spiro atoms. The first-order valence-corrected chi connectivity index (χ1v) is 5.68. The summed E-state index contributed by atoms with van der Waals surface area (Å²) in [4.78, 5) is 8.43. The van der Waals surface area contributed by atoms with Crippen LogP contribution in [0.2, 0.25) is 0 Å². The fraction of sp³-hybridized carbons (Fsp3) is 0.417. The number of hydrogen-bond donors (Lipinski definition) is 1. The zero-order valence-corrected chi connectivity index (χ0v) is 9.55. The molecule has 0 aliphatic heterocycles. The molecule has 1 aliphatic carbocycles. The molecule has 17 heavy (non-hydrogen) atoms. The van der Waals surface area contributed by atoms with Crippen LogP contribution in [-0.4, -0.2) is 20.2 Å². The summed E-state index contributed by atoms with van der Waals surface area (Å²) >= 11 is 0. The summed E-state index contributed by atoms with van der Waals surface area (Å²) in [5, 5.41) is 13.4. The summed E-state index contributed by atoms with van der Waals surface area (Å²) < 4.78 is 5.32. The molecule has 0 saturated heterocycles.